The summed E-state index contributed by atoms with van der Waals surface area (Å²) in [5.74, 6) is 0. The van der Waals surface area contributed by atoms with Crippen molar-refractivity contribution in [3.63, 3.8) is 0 Å². The maximum Gasteiger partial charge on any atom is 0.204 e. The Balaban J connectivity index is 1.72. The van der Waals surface area contributed by atoms with E-state index in [1.807, 2.05) is 7.05 Å². The van der Waals surface area contributed by atoms with E-state index in [1.165, 1.54) is 33.2 Å². The van der Waals surface area contributed by atoms with Crippen LogP contribution in [0.5, 0.6) is 0 Å². The van der Waals surface area contributed by atoms with Gasteiger partial charge < -0.3 is 9.67 Å². The van der Waals surface area contributed by atoms with Gasteiger partial charge in [-0.15, -0.1) is 4.68 Å². The van der Waals surface area contributed by atoms with Crippen molar-refractivity contribution in [1.29, 1.82) is 0 Å². The quantitative estimate of drug-likeness (QED) is 0.572. The highest BCUT2D eigenvalue weighted by molar-refractivity contribution is 6.07. The SMILES string of the molecule is Cc1cc(C)[n+](C)n1C[C@H](O)Cn1c2ccccc2c2ccccc21. The Morgan fingerprint density at radius 1 is 0.920 bits per heavy atom. The normalized spacial score (nSPS) is 13.0. The number of hydrogen-bond donors (Lipinski definition) is 1. The first kappa shape index (κ1) is 15.9. The summed E-state index contributed by atoms with van der Waals surface area (Å²) in [4.78, 5) is 0. The van der Waals surface area contributed by atoms with Crippen molar-refractivity contribution < 1.29 is 9.79 Å². The van der Waals surface area contributed by atoms with Crippen LogP contribution in [0, 0.1) is 13.8 Å². The molecule has 0 bridgehead atoms. The van der Waals surface area contributed by atoms with E-state index >= 15 is 0 Å². The van der Waals surface area contributed by atoms with Crippen LogP contribution in [-0.2, 0) is 20.1 Å². The van der Waals surface area contributed by atoms with Gasteiger partial charge in [0.05, 0.1) is 18.3 Å². The van der Waals surface area contributed by atoms with Crippen LogP contribution in [-0.4, -0.2) is 20.5 Å². The van der Waals surface area contributed by atoms with E-state index in [4.69, 9.17) is 0 Å². The van der Waals surface area contributed by atoms with E-state index in [0.717, 1.165) is 0 Å². The Hall–Kier alpha value is -2.59. The second-order valence-corrected chi connectivity index (χ2v) is 6.83. The zero-order chi connectivity index (χ0) is 17.6. The minimum atomic E-state index is -0.462. The highest BCUT2D eigenvalue weighted by Crippen LogP contribution is 2.28. The van der Waals surface area contributed by atoms with E-state index in [2.05, 4.69) is 82.4 Å². The fourth-order valence-corrected chi connectivity index (χ4v) is 3.83. The summed E-state index contributed by atoms with van der Waals surface area (Å²) < 4.78 is 6.47. The molecule has 1 atom stereocenters. The molecule has 4 heteroatoms. The van der Waals surface area contributed by atoms with Gasteiger partial charge in [0.2, 0.25) is 5.69 Å². The second-order valence-electron chi connectivity index (χ2n) is 6.83. The molecule has 0 fully saturated rings. The molecule has 2 heterocycles. The summed E-state index contributed by atoms with van der Waals surface area (Å²) >= 11 is 0. The lowest BCUT2D eigenvalue weighted by molar-refractivity contribution is -0.759. The smallest absolute Gasteiger partial charge is 0.204 e. The van der Waals surface area contributed by atoms with Crippen LogP contribution >= 0.6 is 0 Å². The largest absolute Gasteiger partial charge is 0.389 e. The van der Waals surface area contributed by atoms with Crippen molar-refractivity contribution in [1.82, 2.24) is 9.25 Å². The van der Waals surface area contributed by atoms with Crippen LogP contribution in [0.15, 0.2) is 54.6 Å². The fourth-order valence-electron chi connectivity index (χ4n) is 3.83. The molecule has 25 heavy (non-hydrogen) atoms. The summed E-state index contributed by atoms with van der Waals surface area (Å²) in [5, 5.41) is 13.3. The lowest BCUT2D eigenvalue weighted by Crippen LogP contribution is -2.44. The standard InChI is InChI=1S/C21H24N3O/c1-15-12-16(2)24(22(15)3)14-17(25)13-23-20-10-6-4-8-18(20)19-9-5-7-11-21(19)23/h4-12,17,25H,13-14H2,1-3H3/q+1/t17-/m1/s1. The van der Waals surface area contributed by atoms with Crippen LogP contribution < -0.4 is 4.68 Å². The lowest BCUT2D eigenvalue weighted by Gasteiger charge is -2.14. The van der Waals surface area contributed by atoms with Crippen LogP contribution in [0.1, 0.15) is 11.4 Å². The van der Waals surface area contributed by atoms with Gasteiger partial charge in [-0.3, -0.25) is 0 Å². The number of aromatic nitrogens is 3. The number of rotatable bonds is 4. The van der Waals surface area contributed by atoms with Gasteiger partial charge in [0.25, 0.3) is 0 Å². The molecule has 0 aliphatic carbocycles. The number of hydrogen-bond acceptors (Lipinski definition) is 1. The van der Waals surface area contributed by atoms with Gasteiger partial charge in [-0.05, 0) is 19.1 Å². The first-order chi connectivity index (χ1) is 12.1. The molecule has 0 spiro atoms. The van der Waals surface area contributed by atoms with Gasteiger partial charge in [-0.2, -0.15) is 4.68 Å². The number of aliphatic hydroxyl groups is 1. The average Bonchev–Trinajstić information content (AvgIpc) is 3.05. The number of nitrogens with zero attached hydrogens (tertiary/aromatic N) is 3. The molecule has 0 amide bonds. The van der Waals surface area contributed by atoms with E-state index < -0.39 is 6.10 Å². The summed E-state index contributed by atoms with van der Waals surface area (Å²) in [7, 11) is 2.04. The monoisotopic (exact) mass is 334 g/mol. The molecular weight excluding hydrogens is 310 g/mol. The van der Waals surface area contributed by atoms with Gasteiger partial charge in [0.1, 0.15) is 6.54 Å². The van der Waals surface area contributed by atoms with Crippen molar-refractivity contribution in [2.75, 3.05) is 0 Å². The van der Waals surface area contributed by atoms with Crippen molar-refractivity contribution in [2.24, 2.45) is 7.05 Å². The summed E-state index contributed by atoms with van der Waals surface area (Å²) in [5.41, 5.74) is 4.71. The number of aryl methyl sites for hydroxylation is 2. The molecule has 1 N–H and O–H groups in total. The fraction of sp³-hybridized carbons (Fsp3) is 0.286. The third kappa shape index (κ3) is 2.63. The van der Waals surface area contributed by atoms with Crippen LogP contribution in [0.25, 0.3) is 21.8 Å². The van der Waals surface area contributed by atoms with E-state index in [1.54, 1.807) is 0 Å². The second kappa shape index (κ2) is 6.05. The van der Waals surface area contributed by atoms with Gasteiger partial charge in [0.15, 0.2) is 7.05 Å². The van der Waals surface area contributed by atoms with Crippen LogP contribution in [0.4, 0.5) is 0 Å². The van der Waals surface area contributed by atoms with Gasteiger partial charge >= 0.3 is 0 Å². The zero-order valence-corrected chi connectivity index (χ0v) is 15.0. The first-order valence-corrected chi connectivity index (χ1v) is 8.73. The Morgan fingerprint density at radius 3 is 2.00 bits per heavy atom. The van der Waals surface area contributed by atoms with E-state index in [0.29, 0.717) is 13.1 Å². The lowest BCUT2D eigenvalue weighted by atomic mass is 10.2. The molecule has 4 aromatic rings. The van der Waals surface area contributed by atoms with Crippen LogP contribution in [0.3, 0.4) is 0 Å². The summed E-state index contributed by atoms with van der Waals surface area (Å²) in [6.07, 6.45) is -0.462. The van der Waals surface area contributed by atoms with E-state index in [-0.39, 0.29) is 0 Å². The minimum Gasteiger partial charge on any atom is -0.389 e. The molecule has 0 saturated heterocycles. The first-order valence-electron chi connectivity index (χ1n) is 8.73. The molecule has 0 saturated carbocycles. The van der Waals surface area contributed by atoms with Crippen molar-refractivity contribution in [2.45, 2.75) is 33.0 Å². The molecule has 0 aliphatic heterocycles. The van der Waals surface area contributed by atoms with Crippen molar-refractivity contribution in [3.8, 4) is 0 Å². The number of benzene rings is 2. The third-order valence-electron chi connectivity index (χ3n) is 5.15. The van der Waals surface area contributed by atoms with Crippen molar-refractivity contribution in [3.05, 3.63) is 66.0 Å². The zero-order valence-electron chi connectivity index (χ0n) is 15.0. The number of para-hydroxylation sites is 2. The van der Waals surface area contributed by atoms with Crippen molar-refractivity contribution >= 4 is 21.8 Å². The highest BCUT2D eigenvalue weighted by atomic mass is 16.3. The summed E-state index contributed by atoms with van der Waals surface area (Å²) in [6, 6.07) is 19.0. The number of fused-ring (bicyclic) bond motifs is 3. The predicted molar refractivity (Wildman–Crippen MR) is 101 cm³/mol. The Labute approximate surface area is 147 Å². The van der Waals surface area contributed by atoms with E-state index in [9.17, 15) is 5.11 Å². The minimum absolute atomic E-state index is 0.462. The van der Waals surface area contributed by atoms with Gasteiger partial charge in [-0.25, -0.2) is 0 Å². The molecule has 4 nitrogen and oxygen atoms in total. The Bertz CT molecular complexity index is 1000. The maximum absolute atomic E-state index is 10.8. The molecule has 0 unspecified atom stereocenters. The molecule has 0 aliphatic rings. The Kier molecular flexibility index (Phi) is 3.85. The molecule has 2 aromatic carbocycles. The molecule has 0 radical (unpaired) electrons. The molecule has 128 valence electrons. The molecular formula is C21H24N3O+. The highest BCUT2D eigenvalue weighted by Gasteiger charge is 2.19. The maximum atomic E-state index is 10.8. The Morgan fingerprint density at radius 2 is 1.48 bits per heavy atom. The number of aliphatic hydroxyl groups excluding tert-OH is 1. The van der Waals surface area contributed by atoms with Gasteiger partial charge in [0, 0.05) is 34.8 Å². The van der Waals surface area contributed by atoms with Crippen LogP contribution in [0.2, 0.25) is 0 Å². The average molecular weight is 334 g/mol. The molecule has 2 aromatic heterocycles. The topological polar surface area (TPSA) is 34.0 Å². The third-order valence-corrected chi connectivity index (χ3v) is 5.15. The molecule has 4 rings (SSSR count). The predicted octanol–water partition coefficient (Wildman–Crippen LogP) is 3.10. The summed E-state index contributed by atoms with van der Waals surface area (Å²) in [6.45, 7) is 5.32. The van der Waals surface area contributed by atoms with Gasteiger partial charge in [-0.1, -0.05) is 36.4 Å².